The van der Waals surface area contributed by atoms with Crippen LogP contribution < -0.4 is 15.6 Å². The second-order valence-electron chi connectivity index (χ2n) is 4.51. The Morgan fingerprint density at radius 2 is 2.23 bits per heavy atom. The normalized spacial score (nSPS) is 10.8. The van der Waals surface area contributed by atoms with Crippen LogP contribution in [0.4, 0.5) is 4.79 Å². The fourth-order valence-electron chi connectivity index (χ4n) is 1.73. The lowest BCUT2D eigenvalue weighted by molar-refractivity contribution is -0.803. The van der Waals surface area contributed by atoms with Gasteiger partial charge in [0.05, 0.1) is 0 Å². The summed E-state index contributed by atoms with van der Waals surface area (Å²) in [5, 5.41) is 21.6. The number of hydrogen-bond acceptors (Lipinski definition) is 5. The fraction of sp³-hybridized carbons (Fsp3) is 0.286. The average Bonchev–Trinajstić information content (AvgIpc) is 2.90. The number of rotatable bonds is 6. The molecule has 22 heavy (non-hydrogen) atoms. The maximum absolute atomic E-state index is 11.6. The van der Waals surface area contributed by atoms with Crippen molar-refractivity contribution in [3.63, 3.8) is 0 Å². The summed E-state index contributed by atoms with van der Waals surface area (Å²) in [6.07, 6.45) is 3.08. The van der Waals surface area contributed by atoms with Crippen molar-refractivity contribution in [3.05, 3.63) is 41.2 Å². The Bertz CT molecular complexity index is 639. The monoisotopic (exact) mass is 303 g/mol. The highest BCUT2D eigenvalue weighted by molar-refractivity contribution is 5.85. The Morgan fingerprint density at radius 3 is 2.95 bits per heavy atom. The molecule has 1 heterocycles. The van der Waals surface area contributed by atoms with Gasteiger partial charge in [-0.1, -0.05) is 43.7 Å². The lowest BCUT2D eigenvalue weighted by Crippen LogP contribution is -2.33. The van der Waals surface area contributed by atoms with E-state index in [1.54, 1.807) is 12.1 Å². The topological polar surface area (TPSA) is 106 Å². The first-order chi connectivity index (χ1) is 10.7. The van der Waals surface area contributed by atoms with E-state index in [1.165, 1.54) is 6.21 Å². The first-order valence-electron chi connectivity index (χ1n) is 6.94. The van der Waals surface area contributed by atoms with Crippen molar-refractivity contribution in [1.29, 1.82) is 0 Å². The zero-order valence-electron chi connectivity index (χ0n) is 12.2. The summed E-state index contributed by atoms with van der Waals surface area (Å²) in [4.78, 5) is 11.7. The van der Waals surface area contributed by atoms with Crippen LogP contribution >= 0.6 is 0 Å². The molecule has 0 aliphatic heterocycles. The van der Waals surface area contributed by atoms with Gasteiger partial charge >= 0.3 is 6.03 Å². The van der Waals surface area contributed by atoms with Gasteiger partial charge in [0.25, 0.3) is 5.69 Å². The smallest absolute Gasteiger partial charge is 0.335 e. The van der Waals surface area contributed by atoms with Crippen molar-refractivity contribution >= 4 is 12.2 Å². The molecule has 1 aromatic heterocycles. The molecule has 0 unspecified atom stereocenters. The number of benzene rings is 1. The summed E-state index contributed by atoms with van der Waals surface area (Å²) in [5.74, 6) is 0. The van der Waals surface area contributed by atoms with Crippen LogP contribution in [0.25, 0.3) is 11.3 Å². The Morgan fingerprint density at radius 1 is 1.45 bits per heavy atom. The number of urea groups is 1. The molecular formula is C14H17N5O3. The van der Waals surface area contributed by atoms with Crippen molar-refractivity contribution < 1.29 is 14.3 Å². The molecule has 0 aliphatic rings. The number of unbranched alkanes of at least 4 members (excludes halogenated alkanes) is 1. The van der Waals surface area contributed by atoms with Gasteiger partial charge in [0.1, 0.15) is 6.21 Å². The molecule has 8 nitrogen and oxygen atoms in total. The molecule has 0 fully saturated rings. The van der Waals surface area contributed by atoms with Gasteiger partial charge in [-0.25, -0.2) is 10.2 Å². The standard InChI is InChI=1S/C14H17N5O3/c1-2-3-9-15-14(20)17-16-10-12-13(18-22-19(12)21)11-7-5-4-6-8-11/h4-8,10H,2-3,9H2,1H3,(H2,15,17,20)/b16-10+. The lowest BCUT2D eigenvalue weighted by Gasteiger charge is -2.01. The van der Waals surface area contributed by atoms with E-state index in [0.29, 0.717) is 12.2 Å². The molecule has 8 heteroatoms. The van der Waals surface area contributed by atoms with Gasteiger partial charge < -0.3 is 10.5 Å². The Hall–Kier alpha value is -2.90. The second kappa shape index (κ2) is 7.77. The van der Waals surface area contributed by atoms with Crippen LogP contribution in [-0.2, 0) is 0 Å². The van der Waals surface area contributed by atoms with E-state index in [4.69, 9.17) is 0 Å². The van der Waals surface area contributed by atoms with Crippen LogP contribution in [-0.4, -0.2) is 23.9 Å². The molecule has 2 amide bonds. The highest BCUT2D eigenvalue weighted by Crippen LogP contribution is 2.17. The van der Waals surface area contributed by atoms with Crippen LogP contribution in [0.2, 0.25) is 0 Å². The first kappa shape index (κ1) is 15.5. The summed E-state index contributed by atoms with van der Waals surface area (Å²) in [6, 6.07) is 8.64. The SMILES string of the molecule is CCCCNC(=O)N/N=C/c1c(-c2ccccc2)no[n+]1[O-]. The minimum absolute atomic E-state index is 0.111. The molecule has 2 N–H and O–H groups in total. The van der Waals surface area contributed by atoms with E-state index < -0.39 is 6.03 Å². The number of aromatic nitrogens is 2. The van der Waals surface area contributed by atoms with Gasteiger partial charge in [0.15, 0.2) is 0 Å². The molecule has 0 saturated carbocycles. The Labute approximate surface area is 127 Å². The number of carbonyl (C=O) groups is 1. The van der Waals surface area contributed by atoms with Crippen LogP contribution in [0, 0.1) is 5.21 Å². The number of hydrogen-bond donors (Lipinski definition) is 2. The number of nitrogens with zero attached hydrogens (tertiary/aromatic N) is 3. The lowest BCUT2D eigenvalue weighted by atomic mass is 10.1. The molecule has 0 bridgehead atoms. The second-order valence-corrected chi connectivity index (χ2v) is 4.51. The quantitative estimate of drug-likeness (QED) is 0.364. The number of nitrogens with one attached hydrogen (secondary N) is 2. The van der Waals surface area contributed by atoms with Gasteiger partial charge in [-0.15, -0.1) is 0 Å². The minimum atomic E-state index is -0.431. The molecule has 2 rings (SSSR count). The van der Waals surface area contributed by atoms with E-state index in [1.807, 2.05) is 25.1 Å². The molecular weight excluding hydrogens is 286 g/mol. The summed E-state index contributed by atoms with van der Waals surface area (Å²) < 4.78 is 4.58. The summed E-state index contributed by atoms with van der Waals surface area (Å²) in [6.45, 7) is 2.60. The molecule has 1 aromatic carbocycles. The van der Waals surface area contributed by atoms with Gasteiger partial charge in [-0.2, -0.15) is 5.10 Å². The highest BCUT2D eigenvalue weighted by Gasteiger charge is 2.18. The van der Waals surface area contributed by atoms with Crippen LogP contribution in [0.3, 0.4) is 0 Å². The molecule has 0 atom stereocenters. The van der Waals surface area contributed by atoms with E-state index in [2.05, 4.69) is 25.6 Å². The van der Waals surface area contributed by atoms with Crippen LogP contribution in [0.1, 0.15) is 25.5 Å². The molecule has 0 saturated heterocycles. The predicted octanol–water partition coefficient (Wildman–Crippen LogP) is 1.41. The van der Waals surface area contributed by atoms with Crippen molar-refractivity contribution in [2.75, 3.05) is 6.54 Å². The largest absolute Gasteiger partial charge is 0.359 e. The van der Waals surface area contributed by atoms with E-state index in [9.17, 15) is 10.0 Å². The number of hydrazone groups is 1. The van der Waals surface area contributed by atoms with Crippen molar-refractivity contribution in [2.45, 2.75) is 19.8 Å². The average molecular weight is 303 g/mol. The van der Waals surface area contributed by atoms with E-state index in [-0.39, 0.29) is 10.6 Å². The third kappa shape index (κ3) is 4.05. The maximum Gasteiger partial charge on any atom is 0.335 e. The van der Waals surface area contributed by atoms with Crippen LogP contribution in [0.15, 0.2) is 40.1 Å². The third-order valence-corrected chi connectivity index (χ3v) is 2.86. The molecule has 2 aromatic rings. The summed E-state index contributed by atoms with van der Waals surface area (Å²) in [7, 11) is 0. The molecule has 0 radical (unpaired) electrons. The zero-order valence-corrected chi connectivity index (χ0v) is 12.2. The third-order valence-electron chi connectivity index (χ3n) is 2.86. The number of carbonyl (C=O) groups excluding carboxylic acids is 1. The fourth-order valence-corrected chi connectivity index (χ4v) is 1.73. The molecule has 0 spiro atoms. The Kier molecular flexibility index (Phi) is 5.47. The number of amides is 2. The van der Waals surface area contributed by atoms with E-state index in [0.717, 1.165) is 18.4 Å². The molecule has 0 aliphatic carbocycles. The van der Waals surface area contributed by atoms with Crippen molar-refractivity contribution in [2.24, 2.45) is 5.10 Å². The van der Waals surface area contributed by atoms with Crippen LogP contribution in [0.5, 0.6) is 0 Å². The summed E-state index contributed by atoms with van der Waals surface area (Å²) in [5.41, 5.74) is 3.47. The van der Waals surface area contributed by atoms with Crippen molar-refractivity contribution in [1.82, 2.24) is 15.9 Å². The predicted molar refractivity (Wildman–Crippen MR) is 79.9 cm³/mol. The van der Waals surface area contributed by atoms with Gasteiger partial charge in [0, 0.05) is 17.3 Å². The van der Waals surface area contributed by atoms with Gasteiger partial charge in [0.2, 0.25) is 5.69 Å². The highest BCUT2D eigenvalue weighted by atomic mass is 16.8. The van der Waals surface area contributed by atoms with Gasteiger partial charge in [-0.3, -0.25) is 4.63 Å². The van der Waals surface area contributed by atoms with E-state index >= 15 is 0 Å². The van der Waals surface area contributed by atoms with Crippen molar-refractivity contribution in [3.8, 4) is 11.3 Å². The molecule has 116 valence electrons. The Balaban J connectivity index is 2.02. The zero-order chi connectivity index (χ0) is 15.8. The minimum Gasteiger partial charge on any atom is -0.359 e. The first-order valence-corrected chi connectivity index (χ1v) is 6.94. The van der Waals surface area contributed by atoms with Gasteiger partial charge in [-0.05, 0) is 11.3 Å². The maximum atomic E-state index is 11.6. The summed E-state index contributed by atoms with van der Waals surface area (Å²) >= 11 is 0.